The lowest BCUT2D eigenvalue weighted by Gasteiger charge is -2.27. The van der Waals surface area contributed by atoms with Gasteiger partial charge in [0.2, 0.25) is 0 Å². The fraction of sp³-hybridized carbons (Fsp3) is 0.933. The molecule has 0 amide bonds. The quantitative estimate of drug-likeness (QED) is 0.564. The molecule has 20 heavy (non-hydrogen) atoms. The molecule has 0 spiro atoms. The second kappa shape index (κ2) is 9.45. The molecule has 4 unspecified atom stereocenters. The number of hydrogen-bond acceptors (Lipinski definition) is 5. The van der Waals surface area contributed by atoms with E-state index in [-0.39, 0.29) is 24.2 Å². The maximum Gasteiger partial charge on any atom is 0.135 e. The number of Topliss-reactive ketones (excluding diaryl/α,β-unsaturated/α-hetero) is 1. The molecule has 3 N–H and O–H groups in total. The number of hydrogen-bond donors (Lipinski definition) is 3. The van der Waals surface area contributed by atoms with Gasteiger partial charge in [0.1, 0.15) is 5.78 Å². The van der Waals surface area contributed by atoms with Crippen molar-refractivity contribution in [1.82, 2.24) is 0 Å². The van der Waals surface area contributed by atoms with Gasteiger partial charge in [-0.15, -0.1) is 0 Å². The van der Waals surface area contributed by atoms with Crippen LogP contribution in [-0.2, 0) is 9.53 Å². The molecule has 0 heterocycles. The van der Waals surface area contributed by atoms with Crippen molar-refractivity contribution in [2.75, 3.05) is 0 Å². The first-order valence-corrected chi connectivity index (χ1v) is 7.37. The summed E-state index contributed by atoms with van der Waals surface area (Å²) in [4.78, 5) is 11.7. The SMILES string of the molecule is CC(C)OC(CCC(=O)C(C)C)C(O)CC(O)C(C)O. The number of aliphatic hydroxyl groups excluding tert-OH is 3. The number of aliphatic hydroxyl groups is 3. The first-order chi connectivity index (χ1) is 9.15. The van der Waals surface area contributed by atoms with E-state index in [0.29, 0.717) is 12.8 Å². The van der Waals surface area contributed by atoms with Crippen molar-refractivity contribution < 1.29 is 24.9 Å². The molecule has 0 saturated carbocycles. The maximum atomic E-state index is 11.7. The number of ether oxygens (including phenoxy) is 1. The topological polar surface area (TPSA) is 87.0 Å². The van der Waals surface area contributed by atoms with Gasteiger partial charge in [-0.1, -0.05) is 13.8 Å². The van der Waals surface area contributed by atoms with Crippen LogP contribution in [0.1, 0.15) is 53.9 Å². The maximum absolute atomic E-state index is 11.7. The van der Waals surface area contributed by atoms with E-state index >= 15 is 0 Å². The third-order valence-corrected chi connectivity index (χ3v) is 3.24. The molecule has 0 rings (SSSR count). The summed E-state index contributed by atoms with van der Waals surface area (Å²) < 4.78 is 5.63. The summed E-state index contributed by atoms with van der Waals surface area (Å²) in [6.45, 7) is 8.87. The molecule has 0 aromatic heterocycles. The summed E-state index contributed by atoms with van der Waals surface area (Å²) in [5.41, 5.74) is 0. The Morgan fingerprint density at radius 1 is 1.00 bits per heavy atom. The van der Waals surface area contributed by atoms with Crippen LogP contribution in [0, 0.1) is 5.92 Å². The van der Waals surface area contributed by atoms with Gasteiger partial charge < -0.3 is 20.1 Å². The fourth-order valence-electron chi connectivity index (χ4n) is 1.87. The van der Waals surface area contributed by atoms with Crippen LogP contribution in [0.5, 0.6) is 0 Å². The van der Waals surface area contributed by atoms with Gasteiger partial charge in [-0.05, 0) is 27.2 Å². The molecule has 0 aromatic carbocycles. The van der Waals surface area contributed by atoms with Crippen LogP contribution in [0.3, 0.4) is 0 Å². The highest BCUT2D eigenvalue weighted by atomic mass is 16.5. The summed E-state index contributed by atoms with van der Waals surface area (Å²) in [6, 6.07) is 0. The highest BCUT2D eigenvalue weighted by Gasteiger charge is 2.26. The third kappa shape index (κ3) is 7.94. The number of ketones is 1. The summed E-state index contributed by atoms with van der Waals surface area (Å²) >= 11 is 0. The van der Waals surface area contributed by atoms with Crippen LogP contribution >= 0.6 is 0 Å². The van der Waals surface area contributed by atoms with E-state index in [1.54, 1.807) is 0 Å². The Hall–Kier alpha value is -0.490. The highest BCUT2D eigenvalue weighted by Crippen LogP contribution is 2.17. The van der Waals surface area contributed by atoms with Gasteiger partial charge in [-0.3, -0.25) is 4.79 Å². The predicted octanol–water partition coefficient (Wildman–Crippen LogP) is 1.28. The molecule has 0 bridgehead atoms. The fourth-order valence-corrected chi connectivity index (χ4v) is 1.87. The minimum atomic E-state index is -0.996. The minimum absolute atomic E-state index is 0.0325. The van der Waals surface area contributed by atoms with E-state index in [1.807, 2.05) is 27.7 Å². The smallest absolute Gasteiger partial charge is 0.135 e. The van der Waals surface area contributed by atoms with Gasteiger partial charge in [0.05, 0.1) is 30.5 Å². The van der Waals surface area contributed by atoms with E-state index in [0.717, 1.165) is 0 Å². The van der Waals surface area contributed by atoms with Crippen molar-refractivity contribution >= 4 is 5.78 Å². The molecular weight excluding hydrogens is 260 g/mol. The molecule has 0 radical (unpaired) electrons. The van der Waals surface area contributed by atoms with Gasteiger partial charge >= 0.3 is 0 Å². The van der Waals surface area contributed by atoms with Gasteiger partial charge in [0.25, 0.3) is 0 Å². The Labute approximate surface area is 122 Å². The molecule has 0 fully saturated rings. The first kappa shape index (κ1) is 19.5. The monoisotopic (exact) mass is 290 g/mol. The van der Waals surface area contributed by atoms with Crippen molar-refractivity contribution in [3.63, 3.8) is 0 Å². The molecule has 0 aliphatic heterocycles. The molecule has 0 aliphatic rings. The average Bonchev–Trinajstić information content (AvgIpc) is 2.32. The lowest BCUT2D eigenvalue weighted by molar-refractivity contribution is -0.125. The van der Waals surface area contributed by atoms with Gasteiger partial charge in [-0.25, -0.2) is 0 Å². The predicted molar refractivity (Wildman–Crippen MR) is 77.4 cm³/mol. The van der Waals surface area contributed by atoms with E-state index < -0.39 is 24.4 Å². The minimum Gasteiger partial charge on any atom is -0.391 e. The lowest BCUT2D eigenvalue weighted by atomic mass is 9.96. The largest absolute Gasteiger partial charge is 0.391 e. The zero-order chi connectivity index (χ0) is 15.9. The zero-order valence-electron chi connectivity index (χ0n) is 13.2. The summed E-state index contributed by atoms with van der Waals surface area (Å²) in [7, 11) is 0. The average molecular weight is 290 g/mol. The van der Waals surface area contributed by atoms with Gasteiger partial charge in [0, 0.05) is 18.8 Å². The Morgan fingerprint density at radius 3 is 1.95 bits per heavy atom. The van der Waals surface area contributed by atoms with Crippen LogP contribution < -0.4 is 0 Å². The zero-order valence-corrected chi connectivity index (χ0v) is 13.2. The van der Waals surface area contributed by atoms with Crippen molar-refractivity contribution in [2.45, 2.75) is 84.4 Å². The van der Waals surface area contributed by atoms with Crippen molar-refractivity contribution in [2.24, 2.45) is 5.92 Å². The number of rotatable bonds is 10. The van der Waals surface area contributed by atoms with E-state index in [4.69, 9.17) is 4.74 Å². The van der Waals surface area contributed by atoms with Crippen LogP contribution in [0.2, 0.25) is 0 Å². The summed E-state index contributed by atoms with van der Waals surface area (Å²) in [5.74, 6) is 0.0977. The van der Waals surface area contributed by atoms with Crippen LogP contribution in [0.4, 0.5) is 0 Å². The molecule has 0 aromatic rings. The number of carbonyl (C=O) groups excluding carboxylic acids is 1. The molecule has 4 atom stereocenters. The van der Waals surface area contributed by atoms with Crippen LogP contribution in [-0.4, -0.2) is 51.6 Å². The second-order valence-corrected chi connectivity index (χ2v) is 5.99. The molecule has 5 heteroatoms. The molecule has 120 valence electrons. The van der Waals surface area contributed by atoms with E-state index in [1.165, 1.54) is 6.92 Å². The van der Waals surface area contributed by atoms with Crippen molar-refractivity contribution in [1.29, 1.82) is 0 Å². The Morgan fingerprint density at radius 2 is 1.55 bits per heavy atom. The van der Waals surface area contributed by atoms with E-state index in [2.05, 4.69) is 0 Å². The Bertz CT molecular complexity index is 275. The molecule has 0 saturated heterocycles. The number of carbonyl (C=O) groups is 1. The van der Waals surface area contributed by atoms with Crippen molar-refractivity contribution in [3.05, 3.63) is 0 Å². The van der Waals surface area contributed by atoms with E-state index in [9.17, 15) is 20.1 Å². The standard InChI is InChI=1S/C15H30O5/c1-9(2)12(17)6-7-15(20-10(3)4)14(19)8-13(18)11(5)16/h9-11,13-16,18-19H,6-8H2,1-5H3. The Balaban J connectivity index is 4.50. The highest BCUT2D eigenvalue weighted by molar-refractivity contribution is 5.80. The Kier molecular flexibility index (Phi) is 9.22. The molecular formula is C15H30O5. The first-order valence-electron chi connectivity index (χ1n) is 7.37. The molecule has 5 nitrogen and oxygen atoms in total. The third-order valence-electron chi connectivity index (χ3n) is 3.24. The van der Waals surface area contributed by atoms with Gasteiger partial charge in [0.15, 0.2) is 0 Å². The molecule has 0 aliphatic carbocycles. The lowest BCUT2D eigenvalue weighted by Crippen LogP contribution is -2.37. The normalized spacial score (nSPS) is 18.1. The van der Waals surface area contributed by atoms with Crippen molar-refractivity contribution in [3.8, 4) is 0 Å². The van der Waals surface area contributed by atoms with Crippen LogP contribution in [0.25, 0.3) is 0 Å². The summed E-state index contributed by atoms with van der Waals surface area (Å²) in [5, 5.41) is 29.0. The second-order valence-electron chi connectivity index (χ2n) is 5.99. The van der Waals surface area contributed by atoms with Crippen LogP contribution in [0.15, 0.2) is 0 Å². The summed E-state index contributed by atoms with van der Waals surface area (Å²) in [6.07, 6.45) is -2.59. The van der Waals surface area contributed by atoms with Gasteiger partial charge in [-0.2, -0.15) is 0 Å².